The monoisotopic (exact) mass is 708 g/mol. The largest absolute Gasteiger partial charge is 0.459 e. The lowest BCUT2D eigenvalue weighted by Gasteiger charge is -2.27. The summed E-state index contributed by atoms with van der Waals surface area (Å²) in [5.74, 6) is -2.27. The number of anilines is 1. The van der Waals surface area contributed by atoms with Crippen LogP contribution >= 0.6 is 22.9 Å². The average Bonchev–Trinajstić information content (AvgIpc) is 3.65. The van der Waals surface area contributed by atoms with Gasteiger partial charge in [-0.1, -0.05) is 54.1 Å². The number of sulfonamides is 1. The van der Waals surface area contributed by atoms with Gasteiger partial charge in [0.15, 0.2) is 0 Å². The zero-order chi connectivity index (χ0) is 34.6. The Bertz CT molecular complexity index is 2000. The van der Waals surface area contributed by atoms with Crippen LogP contribution in [0.5, 0.6) is 0 Å². The number of esters is 1. The van der Waals surface area contributed by atoms with Crippen molar-refractivity contribution < 1.29 is 32.3 Å². The molecule has 2 amide bonds. The van der Waals surface area contributed by atoms with Crippen molar-refractivity contribution in [1.29, 1.82) is 5.26 Å². The van der Waals surface area contributed by atoms with E-state index in [4.69, 9.17) is 26.3 Å². The number of likely N-dealkylation sites (tertiary alicyclic amines) is 1. The van der Waals surface area contributed by atoms with Crippen molar-refractivity contribution in [2.45, 2.75) is 56.9 Å². The van der Waals surface area contributed by atoms with Gasteiger partial charge in [0, 0.05) is 18.5 Å². The molecule has 1 aliphatic heterocycles. The van der Waals surface area contributed by atoms with Crippen LogP contribution in [0, 0.1) is 17.2 Å². The number of halogens is 1. The van der Waals surface area contributed by atoms with Crippen LogP contribution in [-0.4, -0.2) is 49.5 Å². The number of rotatable bonds is 10. The van der Waals surface area contributed by atoms with Gasteiger partial charge in [0.25, 0.3) is 0 Å². The van der Waals surface area contributed by atoms with E-state index in [1.807, 2.05) is 30.3 Å². The molecule has 48 heavy (non-hydrogen) atoms. The number of nitrogens with one attached hydrogen (secondary N) is 2. The van der Waals surface area contributed by atoms with E-state index in [0.717, 1.165) is 11.1 Å². The minimum absolute atomic E-state index is 0.0681. The SMILES string of the molecule is CC(C)(C)OC(=O)C(NS(=O)(=O)c1ccc2c(Cl)c(NC(=O)OCc3ccccc3)ccc2c1)[C@@H]1CCN(Cc2csc(C#N)c2)C1=O. The van der Waals surface area contributed by atoms with Crippen LogP contribution < -0.4 is 10.0 Å². The minimum Gasteiger partial charge on any atom is -0.459 e. The summed E-state index contributed by atoms with van der Waals surface area (Å²) >= 11 is 7.85. The van der Waals surface area contributed by atoms with Crippen LogP contribution in [0.1, 0.15) is 43.2 Å². The summed E-state index contributed by atoms with van der Waals surface area (Å²) in [7, 11) is -4.35. The summed E-state index contributed by atoms with van der Waals surface area (Å²) in [5, 5.41) is 14.6. The fourth-order valence-electron chi connectivity index (χ4n) is 5.26. The number of nitriles is 1. The first-order chi connectivity index (χ1) is 22.7. The lowest BCUT2D eigenvalue weighted by Crippen LogP contribution is -2.50. The van der Waals surface area contributed by atoms with Crippen LogP contribution in [0.25, 0.3) is 10.8 Å². The number of amides is 2. The maximum Gasteiger partial charge on any atom is 0.412 e. The van der Waals surface area contributed by atoms with Gasteiger partial charge in [-0.3, -0.25) is 14.9 Å². The van der Waals surface area contributed by atoms with Gasteiger partial charge in [0.05, 0.1) is 21.5 Å². The fourth-order valence-corrected chi connectivity index (χ4v) is 7.50. The number of nitrogens with zero attached hydrogens (tertiary/aromatic N) is 2. The molecule has 0 spiro atoms. The second-order valence-corrected chi connectivity index (χ2v) is 15.2. The van der Waals surface area contributed by atoms with Crippen molar-refractivity contribution in [3.05, 3.63) is 93.1 Å². The third-order valence-electron chi connectivity index (χ3n) is 7.51. The first-order valence-electron chi connectivity index (χ1n) is 15.0. The van der Waals surface area contributed by atoms with E-state index >= 15 is 0 Å². The summed E-state index contributed by atoms with van der Waals surface area (Å²) in [6, 6.07) is 18.8. The third kappa shape index (κ3) is 8.32. The van der Waals surface area contributed by atoms with Crippen molar-refractivity contribution in [3.8, 4) is 6.07 Å². The summed E-state index contributed by atoms with van der Waals surface area (Å²) in [6.07, 6.45) is -0.490. The Kier molecular flexibility index (Phi) is 10.4. The number of hydrogen-bond donors (Lipinski definition) is 2. The Labute approximate surface area is 287 Å². The van der Waals surface area contributed by atoms with Crippen molar-refractivity contribution in [2.75, 3.05) is 11.9 Å². The number of carbonyl (C=O) groups excluding carboxylic acids is 3. The molecule has 4 aromatic rings. The van der Waals surface area contributed by atoms with Crippen molar-refractivity contribution in [1.82, 2.24) is 9.62 Å². The molecule has 250 valence electrons. The van der Waals surface area contributed by atoms with E-state index in [9.17, 15) is 22.8 Å². The Morgan fingerprint density at radius 1 is 1.10 bits per heavy atom. The minimum atomic E-state index is -4.35. The molecule has 2 atom stereocenters. The number of benzene rings is 3. The highest BCUT2D eigenvalue weighted by molar-refractivity contribution is 7.89. The predicted octanol–water partition coefficient (Wildman–Crippen LogP) is 6.21. The van der Waals surface area contributed by atoms with E-state index in [1.54, 1.807) is 43.2 Å². The van der Waals surface area contributed by atoms with Gasteiger partial charge < -0.3 is 14.4 Å². The second-order valence-electron chi connectivity index (χ2n) is 12.2. The Balaban J connectivity index is 1.34. The lowest BCUT2D eigenvalue weighted by atomic mass is 9.99. The normalized spacial score (nSPS) is 15.6. The van der Waals surface area contributed by atoms with Gasteiger partial charge in [0.2, 0.25) is 15.9 Å². The molecule has 0 aliphatic carbocycles. The predicted molar refractivity (Wildman–Crippen MR) is 182 cm³/mol. The van der Waals surface area contributed by atoms with Gasteiger partial charge in [-0.2, -0.15) is 9.98 Å². The first-order valence-corrected chi connectivity index (χ1v) is 17.7. The van der Waals surface area contributed by atoms with Crippen molar-refractivity contribution in [3.63, 3.8) is 0 Å². The molecule has 5 rings (SSSR count). The molecule has 1 saturated heterocycles. The highest BCUT2D eigenvalue weighted by Crippen LogP contribution is 2.33. The molecule has 0 saturated carbocycles. The number of hydrogen-bond acceptors (Lipinski definition) is 9. The number of fused-ring (bicyclic) bond motifs is 1. The zero-order valence-corrected chi connectivity index (χ0v) is 28.7. The maximum atomic E-state index is 13.7. The maximum absolute atomic E-state index is 13.7. The van der Waals surface area contributed by atoms with Crippen LogP contribution in [-0.2, 0) is 42.2 Å². The van der Waals surface area contributed by atoms with E-state index in [-0.39, 0.29) is 35.2 Å². The van der Waals surface area contributed by atoms with Gasteiger partial charge in [-0.05, 0) is 73.4 Å². The number of ether oxygens (including phenoxy) is 2. The molecule has 1 aliphatic rings. The van der Waals surface area contributed by atoms with E-state index in [1.165, 1.54) is 35.6 Å². The molecular formula is C34H33ClN4O7S2. The molecule has 1 fully saturated rings. The second kappa shape index (κ2) is 14.3. The van der Waals surface area contributed by atoms with Crippen LogP contribution in [0.15, 0.2) is 77.0 Å². The first kappa shape index (κ1) is 34.8. The topological polar surface area (TPSA) is 155 Å². The molecule has 0 bridgehead atoms. The molecule has 2 N–H and O–H groups in total. The molecule has 3 aromatic carbocycles. The average molecular weight is 709 g/mol. The summed E-state index contributed by atoms with van der Waals surface area (Å²) < 4.78 is 40.7. The van der Waals surface area contributed by atoms with Gasteiger partial charge >= 0.3 is 12.1 Å². The lowest BCUT2D eigenvalue weighted by molar-refractivity contribution is -0.160. The summed E-state index contributed by atoms with van der Waals surface area (Å²) in [5.41, 5.74) is 0.927. The van der Waals surface area contributed by atoms with Crippen molar-refractivity contribution >= 4 is 67.4 Å². The molecule has 1 unspecified atom stereocenters. The molecule has 0 radical (unpaired) electrons. The standard InChI is InChI=1S/C34H33ClN4O7S2/c1-34(2,3)46-32(41)30(27-13-14-39(31(27)40)18-22-15-24(17-36)47-20-22)38-48(43,44)25-10-11-26-23(16-25)9-12-28(29(26)35)37-33(42)45-19-21-7-5-4-6-8-21/h4-12,15-16,20,27,30,38H,13-14,18-19H2,1-3H3,(H,37,42)/t27-,30?/m0/s1. The Hall–Kier alpha value is -4.48. The molecule has 1 aromatic heterocycles. The molecule has 11 nitrogen and oxygen atoms in total. The van der Waals surface area contributed by atoms with E-state index < -0.39 is 45.6 Å². The van der Waals surface area contributed by atoms with Crippen LogP contribution in [0.4, 0.5) is 10.5 Å². The molecular weight excluding hydrogens is 676 g/mol. The van der Waals surface area contributed by atoms with E-state index in [2.05, 4.69) is 16.1 Å². The molecule has 2 heterocycles. The summed E-state index contributed by atoms with van der Waals surface area (Å²) in [4.78, 5) is 41.2. The van der Waals surface area contributed by atoms with Crippen LogP contribution in [0.3, 0.4) is 0 Å². The van der Waals surface area contributed by atoms with E-state index in [0.29, 0.717) is 22.2 Å². The smallest absolute Gasteiger partial charge is 0.412 e. The fraction of sp³-hybridized carbons (Fsp3) is 0.294. The number of thiophene rings is 1. The number of carbonyl (C=O) groups is 3. The van der Waals surface area contributed by atoms with Gasteiger partial charge in [-0.25, -0.2) is 13.2 Å². The zero-order valence-electron chi connectivity index (χ0n) is 26.4. The van der Waals surface area contributed by atoms with Gasteiger partial charge in [-0.15, -0.1) is 11.3 Å². The van der Waals surface area contributed by atoms with Gasteiger partial charge in [0.1, 0.15) is 29.2 Å². The quantitative estimate of drug-likeness (QED) is 0.184. The highest BCUT2D eigenvalue weighted by atomic mass is 35.5. The Morgan fingerprint density at radius 3 is 2.54 bits per heavy atom. The Morgan fingerprint density at radius 2 is 1.85 bits per heavy atom. The highest BCUT2D eigenvalue weighted by Gasteiger charge is 2.44. The van der Waals surface area contributed by atoms with Crippen molar-refractivity contribution in [2.24, 2.45) is 5.92 Å². The third-order valence-corrected chi connectivity index (χ3v) is 10.2. The molecule has 14 heteroatoms. The van der Waals surface area contributed by atoms with Crippen LogP contribution in [0.2, 0.25) is 5.02 Å². The summed E-state index contributed by atoms with van der Waals surface area (Å²) in [6.45, 7) is 5.56.